The Morgan fingerprint density at radius 3 is 2.29 bits per heavy atom. The molecular weight excluding hydrogens is 444 g/mol. The maximum atomic E-state index is 13.1. The highest BCUT2D eigenvalue weighted by molar-refractivity contribution is 6.31. The summed E-state index contributed by atoms with van der Waals surface area (Å²) >= 11 is 6.31. The number of ether oxygens (including phenoxy) is 1. The molecule has 1 saturated heterocycles. The number of carbonyl (C=O) groups is 1. The fourth-order valence-electron chi connectivity index (χ4n) is 4.17. The van der Waals surface area contributed by atoms with Crippen molar-refractivity contribution in [1.29, 1.82) is 0 Å². The molecule has 4 rings (SSSR count). The minimum atomic E-state index is 0.0776. The molecule has 0 spiro atoms. The molecule has 0 aliphatic carbocycles. The van der Waals surface area contributed by atoms with E-state index in [1.807, 2.05) is 59.5 Å². The van der Waals surface area contributed by atoms with Crippen LogP contribution in [0.15, 0.2) is 72.8 Å². The van der Waals surface area contributed by atoms with Gasteiger partial charge in [-0.3, -0.25) is 9.69 Å². The van der Waals surface area contributed by atoms with E-state index in [2.05, 4.69) is 43.9 Å². The van der Waals surface area contributed by atoms with E-state index in [0.717, 1.165) is 41.5 Å². The lowest BCUT2D eigenvalue weighted by molar-refractivity contribution is 0.0628. The van der Waals surface area contributed by atoms with Gasteiger partial charge < -0.3 is 9.64 Å². The Morgan fingerprint density at radius 1 is 0.912 bits per heavy atom. The minimum absolute atomic E-state index is 0.0776. The van der Waals surface area contributed by atoms with Gasteiger partial charge in [-0.05, 0) is 52.4 Å². The van der Waals surface area contributed by atoms with Gasteiger partial charge in [0.15, 0.2) is 0 Å². The summed E-state index contributed by atoms with van der Waals surface area (Å²) in [6.45, 7) is 10.9. The van der Waals surface area contributed by atoms with Crippen LogP contribution in [-0.4, -0.2) is 41.9 Å². The first-order chi connectivity index (χ1) is 16.3. The van der Waals surface area contributed by atoms with E-state index in [-0.39, 0.29) is 11.3 Å². The molecule has 3 aromatic rings. The van der Waals surface area contributed by atoms with Crippen molar-refractivity contribution in [2.24, 2.45) is 0 Å². The molecule has 0 saturated carbocycles. The number of hydrogen-bond acceptors (Lipinski definition) is 3. The Morgan fingerprint density at radius 2 is 1.62 bits per heavy atom. The monoisotopic (exact) mass is 476 g/mol. The Hall–Kier alpha value is -2.82. The van der Waals surface area contributed by atoms with E-state index in [9.17, 15) is 4.79 Å². The second kappa shape index (κ2) is 10.6. The van der Waals surface area contributed by atoms with Gasteiger partial charge in [0.2, 0.25) is 0 Å². The third-order valence-electron chi connectivity index (χ3n) is 6.31. The second-order valence-corrected chi connectivity index (χ2v) is 10.3. The lowest BCUT2D eigenvalue weighted by Crippen LogP contribution is -2.48. The number of piperazine rings is 1. The number of hydrogen-bond donors (Lipinski definition) is 0. The van der Waals surface area contributed by atoms with Crippen LogP contribution in [0.5, 0.6) is 5.75 Å². The fourth-order valence-corrected chi connectivity index (χ4v) is 4.37. The quantitative estimate of drug-likeness (QED) is 0.426. The zero-order chi connectivity index (χ0) is 24.1. The predicted octanol–water partition coefficient (Wildman–Crippen LogP) is 6.17. The molecule has 0 bridgehead atoms. The number of amides is 1. The van der Waals surface area contributed by atoms with Gasteiger partial charge in [-0.1, -0.05) is 74.8 Å². The van der Waals surface area contributed by atoms with Crippen molar-refractivity contribution in [2.45, 2.75) is 39.3 Å². The third-order valence-corrected chi connectivity index (χ3v) is 6.68. The van der Waals surface area contributed by atoms with Gasteiger partial charge in [0, 0.05) is 43.3 Å². The summed E-state index contributed by atoms with van der Waals surface area (Å²) in [6.07, 6.45) is 0. The number of halogens is 1. The SMILES string of the molecule is CC(C)(C)c1ccc(OCc2cccc(C(=O)N3CCN(Cc4ccccc4Cl)CC3)c2)cc1. The first-order valence-electron chi connectivity index (χ1n) is 11.9. The van der Waals surface area contributed by atoms with Crippen molar-refractivity contribution in [3.8, 4) is 5.75 Å². The zero-order valence-corrected chi connectivity index (χ0v) is 21.0. The van der Waals surface area contributed by atoms with Gasteiger partial charge in [0.1, 0.15) is 12.4 Å². The number of benzene rings is 3. The van der Waals surface area contributed by atoms with Crippen LogP contribution in [0.2, 0.25) is 5.02 Å². The molecule has 1 fully saturated rings. The highest BCUT2D eigenvalue weighted by atomic mass is 35.5. The second-order valence-electron chi connectivity index (χ2n) is 9.92. The maximum Gasteiger partial charge on any atom is 0.253 e. The van der Waals surface area contributed by atoms with Gasteiger partial charge in [0.05, 0.1) is 0 Å². The van der Waals surface area contributed by atoms with E-state index >= 15 is 0 Å². The van der Waals surface area contributed by atoms with E-state index < -0.39 is 0 Å². The first-order valence-corrected chi connectivity index (χ1v) is 12.2. The Kier molecular flexibility index (Phi) is 7.60. The van der Waals surface area contributed by atoms with Crippen LogP contribution in [0.3, 0.4) is 0 Å². The Bertz CT molecular complexity index is 1110. The third kappa shape index (κ3) is 6.19. The largest absolute Gasteiger partial charge is 0.489 e. The lowest BCUT2D eigenvalue weighted by Gasteiger charge is -2.35. The summed E-state index contributed by atoms with van der Waals surface area (Å²) in [4.78, 5) is 17.4. The molecule has 178 valence electrons. The van der Waals surface area contributed by atoms with Gasteiger partial charge in [0.25, 0.3) is 5.91 Å². The van der Waals surface area contributed by atoms with Crippen molar-refractivity contribution in [3.63, 3.8) is 0 Å². The molecule has 0 aromatic heterocycles. The number of nitrogens with zero attached hydrogens (tertiary/aromatic N) is 2. The summed E-state index contributed by atoms with van der Waals surface area (Å²) in [5, 5.41) is 0.796. The maximum absolute atomic E-state index is 13.1. The molecule has 0 radical (unpaired) electrons. The van der Waals surface area contributed by atoms with Crippen LogP contribution in [-0.2, 0) is 18.6 Å². The molecule has 0 unspecified atom stereocenters. The van der Waals surface area contributed by atoms with E-state index in [1.165, 1.54) is 5.56 Å². The molecule has 0 N–H and O–H groups in total. The highest BCUT2D eigenvalue weighted by Crippen LogP contribution is 2.25. The van der Waals surface area contributed by atoms with E-state index in [4.69, 9.17) is 16.3 Å². The Labute approximate surface area is 208 Å². The van der Waals surface area contributed by atoms with E-state index in [1.54, 1.807) is 0 Å². The number of carbonyl (C=O) groups excluding carboxylic acids is 1. The Balaban J connectivity index is 1.31. The molecule has 5 heteroatoms. The topological polar surface area (TPSA) is 32.8 Å². The standard InChI is InChI=1S/C29H33ClN2O2/c1-29(2,3)25-11-13-26(14-12-25)34-21-22-7-6-9-23(19-22)28(33)32-17-15-31(16-18-32)20-24-8-4-5-10-27(24)30/h4-14,19H,15-18,20-21H2,1-3H3. The highest BCUT2D eigenvalue weighted by Gasteiger charge is 2.22. The zero-order valence-electron chi connectivity index (χ0n) is 20.3. The summed E-state index contributed by atoms with van der Waals surface area (Å²) in [7, 11) is 0. The molecule has 0 atom stereocenters. The van der Waals surface area contributed by atoms with Crippen molar-refractivity contribution in [1.82, 2.24) is 9.80 Å². The van der Waals surface area contributed by atoms with Crippen LogP contribution < -0.4 is 4.74 Å². The number of rotatable bonds is 6. The molecule has 4 nitrogen and oxygen atoms in total. The van der Waals surface area contributed by atoms with Crippen LogP contribution in [0, 0.1) is 0 Å². The van der Waals surface area contributed by atoms with Gasteiger partial charge in [-0.2, -0.15) is 0 Å². The van der Waals surface area contributed by atoms with Crippen molar-refractivity contribution in [2.75, 3.05) is 26.2 Å². The molecule has 1 amide bonds. The minimum Gasteiger partial charge on any atom is -0.489 e. The smallest absolute Gasteiger partial charge is 0.253 e. The van der Waals surface area contributed by atoms with Crippen LogP contribution in [0.1, 0.15) is 47.8 Å². The van der Waals surface area contributed by atoms with Crippen LogP contribution in [0.4, 0.5) is 0 Å². The first kappa shape index (κ1) is 24.3. The molecular formula is C29H33ClN2O2. The molecule has 1 heterocycles. The molecule has 1 aliphatic heterocycles. The normalized spacial score (nSPS) is 14.8. The predicted molar refractivity (Wildman–Crippen MR) is 139 cm³/mol. The summed E-state index contributed by atoms with van der Waals surface area (Å²) in [6, 6.07) is 24.0. The van der Waals surface area contributed by atoms with E-state index in [0.29, 0.717) is 25.3 Å². The van der Waals surface area contributed by atoms with Crippen molar-refractivity contribution < 1.29 is 9.53 Å². The summed E-state index contributed by atoms with van der Waals surface area (Å²) in [5.41, 5.74) is 4.23. The van der Waals surface area contributed by atoms with Crippen LogP contribution in [0.25, 0.3) is 0 Å². The van der Waals surface area contributed by atoms with Gasteiger partial charge in [-0.15, -0.1) is 0 Å². The molecule has 1 aliphatic rings. The van der Waals surface area contributed by atoms with Gasteiger partial charge >= 0.3 is 0 Å². The summed E-state index contributed by atoms with van der Waals surface area (Å²) in [5.74, 6) is 0.910. The average Bonchev–Trinajstić information content (AvgIpc) is 2.84. The fraction of sp³-hybridized carbons (Fsp3) is 0.345. The average molecular weight is 477 g/mol. The summed E-state index contributed by atoms with van der Waals surface area (Å²) < 4.78 is 5.98. The van der Waals surface area contributed by atoms with Crippen molar-refractivity contribution in [3.05, 3.63) is 100 Å². The van der Waals surface area contributed by atoms with Crippen molar-refractivity contribution >= 4 is 17.5 Å². The van der Waals surface area contributed by atoms with Crippen LogP contribution >= 0.6 is 11.6 Å². The van der Waals surface area contributed by atoms with Gasteiger partial charge in [-0.25, -0.2) is 0 Å². The molecule has 3 aromatic carbocycles. The molecule has 34 heavy (non-hydrogen) atoms. The lowest BCUT2D eigenvalue weighted by atomic mass is 9.87.